The molecule has 0 aliphatic carbocycles. The van der Waals surface area contributed by atoms with Crippen LogP contribution in [0.5, 0.6) is 5.75 Å². The number of pyridine rings is 1. The second kappa shape index (κ2) is 7.86. The van der Waals surface area contributed by atoms with E-state index in [1.54, 1.807) is 24.5 Å². The van der Waals surface area contributed by atoms with Crippen LogP contribution in [0.15, 0.2) is 41.6 Å². The first-order chi connectivity index (χ1) is 10.2. The molecule has 110 valence electrons. The molecule has 0 spiro atoms. The lowest BCUT2D eigenvalue weighted by molar-refractivity contribution is 0.318. The Labute approximate surface area is 133 Å². The van der Waals surface area contributed by atoms with Gasteiger partial charge >= 0.3 is 0 Å². The first kappa shape index (κ1) is 15.6. The van der Waals surface area contributed by atoms with E-state index in [-0.39, 0.29) is 0 Å². The molecule has 0 fully saturated rings. The van der Waals surface area contributed by atoms with E-state index in [0.717, 1.165) is 12.0 Å². The third-order valence-corrected chi connectivity index (χ3v) is 3.09. The number of hydrogen-bond acceptors (Lipinski definition) is 4. The molecule has 0 atom stereocenters. The van der Waals surface area contributed by atoms with Gasteiger partial charge in [0, 0.05) is 6.20 Å². The zero-order valence-electron chi connectivity index (χ0n) is 11.5. The van der Waals surface area contributed by atoms with Gasteiger partial charge in [0.15, 0.2) is 5.75 Å². The summed E-state index contributed by atoms with van der Waals surface area (Å²) in [5, 5.41) is 5.03. The van der Waals surface area contributed by atoms with Crippen molar-refractivity contribution in [1.29, 1.82) is 0 Å². The lowest BCUT2D eigenvalue weighted by atomic mass is 10.2. The molecule has 0 amide bonds. The van der Waals surface area contributed by atoms with Crippen LogP contribution in [0.3, 0.4) is 0 Å². The topological polar surface area (TPSA) is 46.5 Å². The van der Waals surface area contributed by atoms with E-state index < -0.39 is 0 Å². The minimum absolute atomic E-state index is 0.468. The lowest BCUT2D eigenvalue weighted by Crippen LogP contribution is -1.98. The lowest BCUT2D eigenvalue weighted by Gasteiger charge is -2.09. The number of aromatic nitrogens is 1. The summed E-state index contributed by atoms with van der Waals surface area (Å²) in [6, 6.07) is 9.03. The summed E-state index contributed by atoms with van der Waals surface area (Å²) in [6.07, 6.45) is 4.20. The van der Waals surface area contributed by atoms with Crippen LogP contribution in [0.2, 0.25) is 10.0 Å². The molecule has 0 saturated heterocycles. The standard InChI is InChI=1S/C15H15Cl2N3O/c1-2-7-21-15-12(16)8-11(9-13(15)17)10-19-20-14-5-3-4-6-18-14/h3-6,8-10H,2,7H2,1H3,(H,18,20)/b19-10+. The average Bonchev–Trinajstić information content (AvgIpc) is 2.48. The molecule has 1 aromatic carbocycles. The maximum absolute atomic E-state index is 6.16. The Balaban J connectivity index is 2.07. The van der Waals surface area contributed by atoms with Crippen LogP contribution >= 0.6 is 23.2 Å². The monoisotopic (exact) mass is 323 g/mol. The van der Waals surface area contributed by atoms with Crippen LogP contribution < -0.4 is 10.2 Å². The highest BCUT2D eigenvalue weighted by molar-refractivity contribution is 6.37. The fourth-order valence-corrected chi connectivity index (χ4v) is 2.21. The fourth-order valence-electron chi connectivity index (χ4n) is 1.60. The van der Waals surface area contributed by atoms with E-state index in [0.29, 0.717) is 28.2 Å². The average molecular weight is 324 g/mol. The van der Waals surface area contributed by atoms with Gasteiger partial charge in [-0.2, -0.15) is 5.10 Å². The SMILES string of the molecule is CCCOc1c(Cl)cc(/C=N/Nc2ccccn2)cc1Cl. The number of halogens is 2. The predicted molar refractivity (Wildman–Crippen MR) is 87.7 cm³/mol. The molecule has 1 aromatic heterocycles. The highest BCUT2D eigenvalue weighted by Gasteiger charge is 2.08. The number of anilines is 1. The van der Waals surface area contributed by atoms with Gasteiger partial charge < -0.3 is 4.74 Å². The first-order valence-corrected chi connectivity index (χ1v) is 7.28. The molecule has 0 unspecified atom stereocenters. The van der Waals surface area contributed by atoms with Crippen molar-refractivity contribution in [1.82, 2.24) is 4.98 Å². The van der Waals surface area contributed by atoms with Gasteiger partial charge in [0.1, 0.15) is 5.82 Å². The zero-order valence-corrected chi connectivity index (χ0v) is 13.0. The molecule has 2 aromatic rings. The minimum atomic E-state index is 0.468. The van der Waals surface area contributed by atoms with Crippen molar-refractivity contribution >= 4 is 35.2 Å². The number of ether oxygens (including phenoxy) is 1. The molecule has 0 saturated carbocycles. The van der Waals surface area contributed by atoms with Gasteiger partial charge in [0.2, 0.25) is 0 Å². The smallest absolute Gasteiger partial charge is 0.156 e. The quantitative estimate of drug-likeness (QED) is 0.623. The number of rotatable bonds is 6. The van der Waals surface area contributed by atoms with Gasteiger partial charge in [-0.1, -0.05) is 36.2 Å². The van der Waals surface area contributed by atoms with Crippen molar-refractivity contribution in [2.45, 2.75) is 13.3 Å². The summed E-state index contributed by atoms with van der Waals surface area (Å²) in [5.74, 6) is 1.17. The fraction of sp³-hybridized carbons (Fsp3) is 0.200. The molecule has 21 heavy (non-hydrogen) atoms. The second-order valence-electron chi connectivity index (χ2n) is 4.25. The van der Waals surface area contributed by atoms with Gasteiger partial charge in [0.05, 0.1) is 22.9 Å². The Hall–Kier alpha value is -1.78. The number of nitrogens with one attached hydrogen (secondary N) is 1. The summed E-state index contributed by atoms with van der Waals surface area (Å²) in [5.41, 5.74) is 3.60. The summed E-state index contributed by atoms with van der Waals surface area (Å²) in [7, 11) is 0. The van der Waals surface area contributed by atoms with Crippen molar-refractivity contribution in [3.8, 4) is 5.75 Å². The predicted octanol–water partition coefficient (Wildman–Crippen LogP) is 4.62. The number of hydrazone groups is 1. The molecule has 1 heterocycles. The van der Waals surface area contributed by atoms with E-state index in [1.807, 2.05) is 25.1 Å². The van der Waals surface area contributed by atoms with Gasteiger partial charge in [-0.3, -0.25) is 5.43 Å². The van der Waals surface area contributed by atoms with Crippen LogP contribution in [0, 0.1) is 0 Å². The molecular formula is C15H15Cl2N3O. The number of benzene rings is 1. The van der Waals surface area contributed by atoms with Crippen LogP contribution in [0.25, 0.3) is 0 Å². The van der Waals surface area contributed by atoms with E-state index in [9.17, 15) is 0 Å². The molecule has 2 rings (SSSR count). The van der Waals surface area contributed by atoms with Crippen molar-refractivity contribution < 1.29 is 4.74 Å². The minimum Gasteiger partial charge on any atom is -0.490 e. The first-order valence-electron chi connectivity index (χ1n) is 6.52. The summed E-state index contributed by atoms with van der Waals surface area (Å²) >= 11 is 12.3. The van der Waals surface area contributed by atoms with Gasteiger partial charge in [-0.15, -0.1) is 0 Å². The van der Waals surface area contributed by atoms with Crippen LogP contribution in [0.1, 0.15) is 18.9 Å². The Morgan fingerprint density at radius 1 is 1.29 bits per heavy atom. The summed E-state index contributed by atoms with van der Waals surface area (Å²) in [6.45, 7) is 2.60. The van der Waals surface area contributed by atoms with Crippen molar-refractivity contribution in [2.75, 3.05) is 12.0 Å². The Bertz CT molecular complexity index is 595. The van der Waals surface area contributed by atoms with Crippen LogP contribution in [-0.2, 0) is 0 Å². The van der Waals surface area contributed by atoms with Gasteiger partial charge in [-0.05, 0) is 36.2 Å². The molecule has 0 aliphatic rings. The third kappa shape index (κ3) is 4.62. The number of hydrogen-bond donors (Lipinski definition) is 1. The highest BCUT2D eigenvalue weighted by atomic mass is 35.5. The number of nitrogens with zero attached hydrogens (tertiary/aromatic N) is 2. The molecule has 4 nitrogen and oxygen atoms in total. The van der Waals surface area contributed by atoms with Crippen LogP contribution in [0.4, 0.5) is 5.82 Å². The summed E-state index contributed by atoms with van der Waals surface area (Å²) < 4.78 is 5.51. The maximum Gasteiger partial charge on any atom is 0.156 e. The van der Waals surface area contributed by atoms with E-state index in [1.165, 1.54) is 0 Å². The van der Waals surface area contributed by atoms with Gasteiger partial charge in [-0.25, -0.2) is 4.98 Å². The van der Waals surface area contributed by atoms with E-state index in [2.05, 4.69) is 15.5 Å². The summed E-state index contributed by atoms with van der Waals surface area (Å²) in [4.78, 5) is 4.10. The third-order valence-electron chi connectivity index (χ3n) is 2.53. The van der Waals surface area contributed by atoms with Crippen molar-refractivity contribution in [3.05, 3.63) is 52.1 Å². The highest BCUT2D eigenvalue weighted by Crippen LogP contribution is 2.33. The zero-order chi connectivity index (χ0) is 15.1. The molecule has 0 aliphatic heterocycles. The normalized spacial score (nSPS) is 10.8. The van der Waals surface area contributed by atoms with E-state index >= 15 is 0 Å². The Morgan fingerprint density at radius 2 is 2.05 bits per heavy atom. The van der Waals surface area contributed by atoms with Crippen molar-refractivity contribution in [3.63, 3.8) is 0 Å². The largest absolute Gasteiger partial charge is 0.490 e. The molecular weight excluding hydrogens is 309 g/mol. The second-order valence-corrected chi connectivity index (χ2v) is 5.06. The maximum atomic E-state index is 6.16. The molecule has 6 heteroatoms. The molecule has 1 N–H and O–H groups in total. The molecule has 0 bridgehead atoms. The van der Waals surface area contributed by atoms with Crippen LogP contribution in [-0.4, -0.2) is 17.8 Å². The van der Waals surface area contributed by atoms with Crippen molar-refractivity contribution in [2.24, 2.45) is 5.10 Å². The van der Waals surface area contributed by atoms with E-state index in [4.69, 9.17) is 27.9 Å². The Morgan fingerprint density at radius 3 is 2.67 bits per heavy atom. The Kier molecular flexibility index (Phi) is 5.84. The molecule has 0 radical (unpaired) electrons. The van der Waals surface area contributed by atoms with Gasteiger partial charge in [0.25, 0.3) is 0 Å².